The summed E-state index contributed by atoms with van der Waals surface area (Å²) >= 11 is 3.41. The molecule has 1 rings (SSSR count). The lowest BCUT2D eigenvalue weighted by atomic mass is 10.00. The number of carbonyl (C=O) groups excluding carboxylic acids is 1. The summed E-state index contributed by atoms with van der Waals surface area (Å²) in [6, 6.07) is 0.286. The third-order valence-corrected chi connectivity index (χ3v) is 3.51. The summed E-state index contributed by atoms with van der Waals surface area (Å²) in [6.45, 7) is 6.42. The van der Waals surface area contributed by atoms with E-state index in [1.807, 2.05) is 4.90 Å². The highest BCUT2D eigenvalue weighted by molar-refractivity contribution is 9.09. The van der Waals surface area contributed by atoms with Gasteiger partial charge in [0.1, 0.15) is 0 Å². The minimum absolute atomic E-state index is 0.0893. The Labute approximate surface area is 107 Å². The van der Waals surface area contributed by atoms with Gasteiger partial charge in [-0.1, -0.05) is 15.9 Å². The van der Waals surface area contributed by atoms with Crippen LogP contribution < -0.4 is 0 Å². The van der Waals surface area contributed by atoms with Crippen LogP contribution in [0.3, 0.4) is 0 Å². The number of rotatable bonds is 5. The smallest absolute Gasteiger partial charge is 0.228 e. The van der Waals surface area contributed by atoms with Gasteiger partial charge in [-0.15, -0.1) is 0 Å². The monoisotopic (exact) mass is 291 g/mol. The lowest BCUT2D eigenvalue weighted by Gasteiger charge is -2.32. The molecule has 0 bridgehead atoms. The number of carbonyl (C=O) groups is 1. The van der Waals surface area contributed by atoms with Crippen molar-refractivity contribution in [3.8, 4) is 0 Å². The number of amides is 1. The summed E-state index contributed by atoms with van der Waals surface area (Å²) in [5, 5.41) is 0.949. The summed E-state index contributed by atoms with van der Waals surface area (Å²) in [6.07, 6.45) is 3.01. The van der Waals surface area contributed by atoms with Gasteiger partial charge in [-0.3, -0.25) is 4.79 Å². The molecular formula is C12H22BrNO2. The maximum Gasteiger partial charge on any atom is 0.228 e. The number of halogens is 1. The molecule has 0 aromatic carbocycles. The van der Waals surface area contributed by atoms with Gasteiger partial charge in [0.25, 0.3) is 0 Å². The molecule has 0 aliphatic carbocycles. The third-order valence-electron chi connectivity index (χ3n) is 2.95. The first-order valence-corrected chi connectivity index (χ1v) is 7.23. The van der Waals surface area contributed by atoms with Crippen molar-refractivity contribution in [3.63, 3.8) is 0 Å². The van der Waals surface area contributed by atoms with E-state index >= 15 is 0 Å². The Morgan fingerprint density at radius 1 is 1.56 bits per heavy atom. The van der Waals surface area contributed by atoms with Gasteiger partial charge in [0.15, 0.2) is 0 Å². The minimum Gasteiger partial charge on any atom is -0.381 e. The zero-order valence-corrected chi connectivity index (χ0v) is 11.8. The van der Waals surface area contributed by atoms with Crippen LogP contribution in [-0.4, -0.2) is 41.9 Å². The molecule has 1 saturated heterocycles. The second-order valence-electron chi connectivity index (χ2n) is 4.58. The number of hydrogen-bond donors (Lipinski definition) is 0. The molecule has 1 aliphatic heterocycles. The van der Waals surface area contributed by atoms with E-state index in [1.54, 1.807) is 0 Å². The highest BCUT2D eigenvalue weighted by Gasteiger charge is 2.27. The molecule has 16 heavy (non-hydrogen) atoms. The molecule has 1 amide bonds. The van der Waals surface area contributed by atoms with Crippen LogP contribution in [0.5, 0.6) is 0 Å². The molecular weight excluding hydrogens is 270 g/mol. The molecule has 1 heterocycles. The van der Waals surface area contributed by atoms with E-state index in [4.69, 9.17) is 4.74 Å². The van der Waals surface area contributed by atoms with Crippen molar-refractivity contribution in [1.82, 2.24) is 4.90 Å². The van der Waals surface area contributed by atoms with Gasteiger partial charge in [-0.2, -0.15) is 0 Å². The van der Waals surface area contributed by atoms with Crippen LogP contribution in [0.15, 0.2) is 0 Å². The Hall–Kier alpha value is -0.0900. The molecule has 0 aromatic rings. The first-order valence-electron chi connectivity index (χ1n) is 6.11. The van der Waals surface area contributed by atoms with E-state index in [9.17, 15) is 4.79 Å². The van der Waals surface area contributed by atoms with Gasteiger partial charge in [-0.05, 0) is 33.1 Å². The number of hydrogen-bond acceptors (Lipinski definition) is 2. The molecule has 0 aromatic heterocycles. The van der Waals surface area contributed by atoms with Crippen molar-refractivity contribution in [2.24, 2.45) is 5.92 Å². The van der Waals surface area contributed by atoms with Crippen LogP contribution in [-0.2, 0) is 9.53 Å². The fraction of sp³-hybridized carbons (Fsp3) is 0.917. The second-order valence-corrected chi connectivity index (χ2v) is 5.37. The Kier molecular flexibility index (Phi) is 6.36. The van der Waals surface area contributed by atoms with Crippen molar-refractivity contribution in [2.75, 3.05) is 25.1 Å². The number of alkyl halides is 1. The molecule has 1 fully saturated rings. The number of nitrogens with zero attached hydrogens (tertiary/aromatic N) is 1. The molecule has 1 aliphatic rings. The summed E-state index contributed by atoms with van der Waals surface area (Å²) < 4.78 is 5.38. The topological polar surface area (TPSA) is 29.5 Å². The van der Waals surface area contributed by atoms with Crippen LogP contribution in [0.25, 0.3) is 0 Å². The minimum atomic E-state index is 0.0893. The Morgan fingerprint density at radius 2 is 2.31 bits per heavy atom. The van der Waals surface area contributed by atoms with E-state index in [0.717, 1.165) is 37.7 Å². The van der Waals surface area contributed by atoms with Crippen LogP contribution in [0, 0.1) is 5.92 Å². The van der Waals surface area contributed by atoms with Gasteiger partial charge in [0.05, 0.1) is 12.5 Å². The molecule has 1 unspecified atom stereocenters. The van der Waals surface area contributed by atoms with Gasteiger partial charge in [0.2, 0.25) is 5.91 Å². The van der Waals surface area contributed by atoms with Crippen LogP contribution in [0.4, 0.5) is 0 Å². The fourth-order valence-electron chi connectivity index (χ4n) is 2.02. The largest absolute Gasteiger partial charge is 0.381 e. The van der Waals surface area contributed by atoms with E-state index in [-0.39, 0.29) is 17.9 Å². The molecule has 3 nitrogen and oxygen atoms in total. The standard InChI is InChI=1S/C12H22BrNO2/c1-10(2)14(7-4-6-13)12(15)11-5-3-8-16-9-11/h10-11H,3-9H2,1-2H3. The Bertz CT molecular complexity index is 215. The summed E-state index contributed by atoms with van der Waals surface area (Å²) in [4.78, 5) is 14.3. The highest BCUT2D eigenvalue weighted by Crippen LogP contribution is 2.18. The summed E-state index contributed by atoms with van der Waals surface area (Å²) in [5.41, 5.74) is 0. The zero-order chi connectivity index (χ0) is 12.0. The zero-order valence-electron chi connectivity index (χ0n) is 10.2. The molecule has 0 N–H and O–H groups in total. The van der Waals surface area contributed by atoms with Crippen molar-refractivity contribution in [2.45, 2.75) is 39.2 Å². The lowest BCUT2D eigenvalue weighted by Crippen LogP contribution is -2.43. The average Bonchev–Trinajstić information content (AvgIpc) is 2.30. The third kappa shape index (κ3) is 4.06. The summed E-state index contributed by atoms with van der Waals surface area (Å²) in [7, 11) is 0. The van der Waals surface area contributed by atoms with E-state index in [0.29, 0.717) is 6.61 Å². The van der Waals surface area contributed by atoms with Crippen molar-refractivity contribution >= 4 is 21.8 Å². The molecule has 0 spiro atoms. The summed E-state index contributed by atoms with van der Waals surface area (Å²) in [5.74, 6) is 0.363. The quantitative estimate of drug-likeness (QED) is 0.728. The molecule has 0 saturated carbocycles. The SMILES string of the molecule is CC(C)N(CCCBr)C(=O)C1CCCOC1. The number of ether oxygens (including phenoxy) is 1. The van der Waals surface area contributed by atoms with Gasteiger partial charge < -0.3 is 9.64 Å². The molecule has 0 radical (unpaired) electrons. The average molecular weight is 292 g/mol. The highest BCUT2D eigenvalue weighted by atomic mass is 79.9. The normalized spacial score (nSPS) is 21.1. The Morgan fingerprint density at radius 3 is 2.81 bits per heavy atom. The van der Waals surface area contributed by atoms with Crippen molar-refractivity contribution in [3.05, 3.63) is 0 Å². The molecule has 1 atom stereocenters. The van der Waals surface area contributed by atoms with Crippen LogP contribution in [0.2, 0.25) is 0 Å². The first kappa shape index (κ1) is 14.0. The van der Waals surface area contributed by atoms with Crippen LogP contribution >= 0.6 is 15.9 Å². The van der Waals surface area contributed by atoms with Crippen molar-refractivity contribution < 1.29 is 9.53 Å². The van der Waals surface area contributed by atoms with Crippen molar-refractivity contribution in [1.29, 1.82) is 0 Å². The maximum atomic E-state index is 12.3. The maximum absolute atomic E-state index is 12.3. The predicted octanol–water partition coefficient (Wildman–Crippen LogP) is 2.44. The second kappa shape index (κ2) is 7.28. The Balaban J connectivity index is 2.51. The van der Waals surface area contributed by atoms with E-state index in [1.165, 1.54) is 0 Å². The predicted molar refractivity (Wildman–Crippen MR) is 68.8 cm³/mol. The lowest BCUT2D eigenvalue weighted by molar-refractivity contribution is -0.141. The van der Waals surface area contributed by atoms with Gasteiger partial charge in [0, 0.05) is 24.5 Å². The van der Waals surface area contributed by atoms with Crippen LogP contribution in [0.1, 0.15) is 33.1 Å². The van der Waals surface area contributed by atoms with Gasteiger partial charge in [-0.25, -0.2) is 0 Å². The molecule has 4 heteroatoms. The fourth-order valence-corrected chi connectivity index (χ4v) is 2.27. The van der Waals surface area contributed by atoms with E-state index < -0.39 is 0 Å². The molecule has 94 valence electrons. The van der Waals surface area contributed by atoms with Gasteiger partial charge >= 0.3 is 0 Å². The van der Waals surface area contributed by atoms with E-state index in [2.05, 4.69) is 29.8 Å². The first-order chi connectivity index (χ1) is 7.66.